The molecule has 18 heteroatoms. The molecule has 2 saturated carbocycles. The van der Waals surface area contributed by atoms with Gasteiger partial charge in [-0.1, -0.05) is 32.1 Å². The molecule has 0 aromatic rings. The van der Waals surface area contributed by atoms with Gasteiger partial charge in [0.25, 0.3) is 0 Å². The standard InChI is InChI=1S/2C18H31NO5.C14H25NO5/c1-22-13-14-24-18(21)16-8-4-3-7-15(16)17(20)23-12-11-19-9-5-2-6-10-19;1-22-13-14-24-18(21)16-7-5-15(6-8-16)17(20)23-12-11-19-9-3-2-4-10-19;1-18-11-12-20-14(17)6-5-13(16)19-10-9-15-7-3-2-4-8-15/h2*15-16H,2-14H2,1H3;2-12H2,1H3. The summed E-state index contributed by atoms with van der Waals surface area (Å²) in [7, 11) is 4.68. The SMILES string of the molecule is COCCOC(=O)C1CCC(C(=O)OCCN2CCCCC2)CC1.COCCOC(=O)C1CCCCC1C(=O)OCCN1CCCCC1.COCCOC(=O)CCC(=O)OCCN1CCCCC1. The molecule has 392 valence electrons. The van der Waals surface area contributed by atoms with Crippen LogP contribution >= 0.6 is 0 Å². The average Bonchev–Trinajstić information content (AvgIpc) is 3.37. The molecular formula is C50H87N3O15. The van der Waals surface area contributed by atoms with Gasteiger partial charge in [0.2, 0.25) is 0 Å². The van der Waals surface area contributed by atoms with E-state index in [9.17, 15) is 28.8 Å². The zero-order valence-electron chi connectivity index (χ0n) is 41.9. The number of ether oxygens (including phenoxy) is 9. The smallest absolute Gasteiger partial charge is 0.309 e. The molecule has 3 aliphatic heterocycles. The highest BCUT2D eigenvalue weighted by Crippen LogP contribution is 2.32. The van der Waals surface area contributed by atoms with E-state index in [2.05, 4.69) is 14.7 Å². The molecule has 2 unspecified atom stereocenters. The van der Waals surface area contributed by atoms with Crippen LogP contribution in [0.3, 0.4) is 0 Å². The summed E-state index contributed by atoms with van der Waals surface area (Å²) in [5.74, 6) is -2.38. The maximum absolute atomic E-state index is 12.4. The van der Waals surface area contributed by atoms with Gasteiger partial charge in [-0.05, 0) is 116 Å². The first kappa shape index (κ1) is 58.9. The monoisotopic (exact) mass is 970 g/mol. The van der Waals surface area contributed by atoms with Gasteiger partial charge >= 0.3 is 35.8 Å². The van der Waals surface area contributed by atoms with E-state index in [1.54, 1.807) is 14.2 Å². The average molecular weight is 970 g/mol. The molecular weight excluding hydrogens is 883 g/mol. The number of piperidine rings is 3. The molecule has 3 saturated heterocycles. The first-order valence-electron chi connectivity index (χ1n) is 25.8. The maximum Gasteiger partial charge on any atom is 0.309 e. The summed E-state index contributed by atoms with van der Waals surface area (Å²) in [5, 5.41) is 0. The highest BCUT2D eigenvalue weighted by atomic mass is 16.6. The Morgan fingerprint density at radius 3 is 1.00 bits per heavy atom. The molecule has 2 aliphatic carbocycles. The fraction of sp³-hybridized carbons (Fsp3) is 0.880. The topological polar surface area (TPSA) is 195 Å². The molecule has 0 amide bonds. The van der Waals surface area contributed by atoms with Gasteiger partial charge in [0, 0.05) is 41.0 Å². The number of esters is 6. The third-order valence-corrected chi connectivity index (χ3v) is 13.2. The van der Waals surface area contributed by atoms with Crippen molar-refractivity contribution in [3.8, 4) is 0 Å². The molecule has 2 atom stereocenters. The third kappa shape index (κ3) is 26.0. The number of likely N-dealkylation sites (tertiary alicyclic amines) is 3. The molecule has 0 N–H and O–H groups in total. The summed E-state index contributed by atoms with van der Waals surface area (Å²) >= 11 is 0. The van der Waals surface area contributed by atoms with Crippen LogP contribution in [0.15, 0.2) is 0 Å². The van der Waals surface area contributed by atoms with Crippen LogP contribution in [0.5, 0.6) is 0 Å². The van der Waals surface area contributed by atoms with Crippen LogP contribution in [0.1, 0.15) is 122 Å². The summed E-state index contributed by atoms with van der Waals surface area (Å²) < 4.78 is 45.8. The van der Waals surface area contributed by atoms with Crippen molar-refractivity contribution in [1.29, 1.82) is 0 Å². The lowest BCUT2D eigenvalue weighted by molar-refractivity contribution is -0.163. The van der Waals surface area contributed by atoms with Crippen LogP contribution in [0, 0.1) is 23.7 Å². The number of hydrogen-bond donors (Lipinski definition) is 0. The van der Waals surface area contributed by atoms with Crippen molar-refractivity contribution >= 4 is 35.8 Å². The number of rotatable bonds is 25. The second-order valence-corrected chi connectivity index (χ2v) is 18.3. The minimum atomic E-state index is -0.393. The fourth-order valence-electron chi connectivity index (χ4n) is 9.14. The molecule has 5 rings (SSSR count). The van der Waals surface area contributed by atoms with Crippen LogP contribution in [-0.2, 0) is 71.4 Å². The predicted molar refractivity (Wildman–Crippen MR) is 252 cm³/mol. The highest BCUT2D eigenvalue weighted by molar-refractivity contribution is 5.82. The molecule has 3 heterocycles. The first-order chi connectivity index (χ1) is 33.1. The lowest BCUT2D eigenvalue weighted by Crippen LogP contribution is -2.37. The molecule has 0 bridgehead atoms. The van der Waals surface area contributed by atoms with E-state index in [0.29, 0.717) is 84.8 Å². The van der Waals surface area contributed by atoms with Crippen LogP contribution in [-0.4, -0.2) is 190 Å². The minimum absolute atomic E-state index is 0.0608. The number of hydrogen-bond acceptors (Lipinski definition) is 18. The minimum Gasteiger partial charge on any atom is -0.464 e. The number of nitrogens with zero attached hydrogens (tertiary/aromatic N) is 3. The summed E-state index contributed by atoms with van der Waals surface area (Å²) in [5.41, 5.74) is 0. The van der Waals surface area contributed by atoms with Crippen molar-refractivity contribution in [2.45, 2.75) is 122 Å². The highest BCUT2D eigenvalue weighted by Gasteiger charge is 2.38. The Labute approximate surface area is 406 Å². The van der Waals surface area contributed by atoms with Gasteiger partial charge < -0.3 is 42.6 Å². The van der Waals surface area contributed by atoms with E-state index in [0.717, 1.165) is 71.7 Å². The van der Waals surface area contributed by atoms with Crippen LogP contribution in [0.25, 0.3) is 0 Å². The first-order valence-corrected chi connectivity index (χ1v) is 25.8. The zero-order chi connectivity index (χ0) is 49.0. The lowest BCUT2D eigenvalue weighted by Gasteiger charge is -2.29. The molecule has 0 spiro atoms. The lowest BCUT2D eigenvalue weighted by atomic mass is 9.79. The van der Waals surface area contributed by atoms with Gasteiger partial charge in [-0.3, -0.25) is 43.5 Å². The van der Waals surface area contributed by atoms with Crippen LogP contribution in [0.4, 0.5) is 0 Å². The Bertz CT molecular complexity index is 1400. The van der Waals surface area contributed by atoms with E-state index < -0.39 is 5.97 Å². The molecule has 68 heavy (non-hydrogen) atoms. The van der Waals surface area contributed by atoms with Crippen molar-refractivity contribution in [3.63, 3.8) is 0 Å². The van der Waals surface area contributed by atoms with Gasteiger partial charge in [0.05, 0.1) is 56.3 Å². The van der Waals surface area contributed by atoms with Crippen molar-refractivity contribution in [3.05, 3.63) is 0 Å². The Hall–Kier alpha value is -3.42. The summed E-state index contributed by atoms with van der Waals surface area (Å²) in [6.07, 6.45) is 17.6. The van der Waals surface area contributed by atoms with E-state index in [1.807, 2.05) is 0 Å². The van der Waals surface area contributed by atoms with E-state index in [1.165, 1.54) is 64.9 Å². The van der Waals surface area contributed by atoms with Gasteiger partial charge in [0.1, 0.15) is 39.6 Å². The largest absolute Gasteiger partial charge is 0.464 e. The Kier molecular flexibility index (Phi) is 32.4. The van der Waals surface area contributed by atoms with Gasteiger partial charge in [-0.15, -0.1) is 0 Å². The molecule has 0 aromatic heterocycles. The van der Waals surface area contributed by atoms with Crippen molar-refractivity contribution in [2.75, 3.05) is 140 Å². The number of methoxy groups -OCH3 is 3. The van der Waals surface area contributed by atoms with E-state index in [-0.39, 0.29) is 79.6 Å². The Morgan fingerprint density at radius 1 is 0.338 bits per heavy atom. The van der Waals surface area contributed by atoms with Crippen LogP contribution in [0.2, 0.25) is 0 Å². The van der Waals surface area contributed by atoms with E-state index >= 15 is 0 Å². The summed E-state index contributed by atoms with van der Waals surface area (Å²) in [4.78, 5) is 78.4. The number of carbonyl (C=O) groups is 6. The van der Waals surface area contributed by atoms with Gasteiger partial charge in [0.15, 0.2) is 0 Å². The van der Waals surface area contributed by atoms with Gasteiger partial charge in [-0.25, -0.2) is 0 Å². The Balaban J connectivity index is 0.000000272. The predicted octanol–water partition coefficient (Wildman–Crippen LogP) is 5.01. The molecule has 5 fully saturated rings. The van der Waals surface area contributed by atoms with E-state index in [4.69, 9.17) is 42.6 Å². The molecule has 0 aromatic carbocycles. The number of carbonyl (C=O) groups excluding carboxylic acids is 6. The quantitative estimate of drug-likeness (QED) is 0.0673. The second kappa shape index (κ2) is 37.4. The van der Waals surface area contributed by atoms with Crippen molar-refractivity contribution in [1.82, 2.24) is 14.7 Å². The fourth-order valence-corrected chi connectivity index (χ4v) is 9.14. The second-order valence-electron chi connectivity index (χ2n) is 18.3. The Morgan fingerprint density at radius 2 is 0.632 bits per heavy atom. The third-order valence-electron chi connectivity index (χ3n) is 13.2. The van der Waals surface area contributed by atoms with Crippen molar-refractivity contribution in [2.24, 2.45) is 23.7 Å². The summed E-state index contributed by atoms with van der Waals surface area (Å²) in [6, 6.07) is 0. The normalized spacial score (nSPS) is 22.5. The van der Waals surface area contributed by atoms with Gasteiger partial charge in [-0.2, -0.15) is 0 Å². The maximum atomic E-state index is 12.4. The van der Waals surface area contributed by atoms with Crippen LogP contribution < -0.4 is 0 Å². The summed E-state index contributed by atoms with van der Waals surface area (Å²) in [6.45, 7) is 12.2. The van der Waals surface area contributed by atoms with Crippen molar-refractivity contribution < 1.29 is 71.4 Å². The molecule has 0 radical (unpaired) electrons. The molecule has 18 nitrogen and oxygen atoms in total. The zero-order valence-corrected chi connectivity index (χ0v) is 41.9. The molecule has 5 aliphatic rings.